The number of rotatable bonds is 27. The number of aliphatic carboxylic acids is 6. The highest BCUT2D eigenvalue weighted by atomic mass is 16.4. The lowest BCUT2D eigenvalue weighted by Crippen LogP contribution is -2.57. The first-order chi connectivity index (χ1) is 28.6. The van der Waals surface area contributed by atoms with Crippen molar-refractivity contribution < 1.29 is 78.6 Å². The van der Waals surface area contributed by atoms with Crippen molar-refractivity contribution in [2.45, 2.75) is 95.8 Å². The van der Waals surface area contributed by atoms with Gasteiger partial charge in [-0.25, -0.2) is 0 Å². The summed E-state index contributed by atoms with van der Waals surface area (Å²) < 4.78 is 0. The van der Waals surface area contributed by atoms with Gasteiger partial charge in [-0.05, 0) is 52.4 Å². The maximum atomic E-state index is 13.8. The molecule has 0 aromatic carbocycles. The van der Waals surface area contributed by atoms with E-state index in [0.717, 1.165) is 0 Å². The highest BCUT2D eigenvalue weighted by Crippen LogP contribution is 2.10. The third-order valence-corrected chi connectivity index (χ3v) is 9.37. The summed E-state index contributed by atoms with van der Waals surface area (Å²) in [5, 5.41) is 66.2. The molecular formula is C37H62N8O16. The van der Waals surface area contributed by atoms with E-state index in [-0.39, 0.29) is 123 Å². The molecule has 0 aromatic rings. The topological polar surface area (TPSA) is 353 Å². The molecule has 0 aliphatic carbocycles. The van der Waals surface area contributed by atoms with Crippen molar-refractivity contribution in [2.24, 2.45) is 0 Å². The molecule has 346 valence electrons. The van der Waals surface area contributed by atoms with Crippen molar-refractivity contribution >= 4 is 59.4 Å². The van der Waals surface area contributed by atoms with E-state index in [1.165, 1.54) is 0 Å². The van der Waals surface area contributed by atoms with Crippen molar-refractivity contribution in [2.75, 3.05) is 78.5 Å². The lowest BCUT2D eigenvalue weighted by molar-refractivity contribution is -0.140. The SMILES string of the molecule is CC(C)NC(=O)C(CCCC(=O)O)NC(=O)C(CCCC(=O)O)NC(=O)C(CCCC(=O)O)NC(=O)CN1CCN(CC(=O)O)CCN(CC(=O)O)CCN(CC(=O)O)CC1. The molecule has 10 N–H and O–H groups in total. The third-order valence-electron chi connectivity index (χ3n) is 9.37. The highest BCUT2D eigenvalue weighted by molar-refractivity contribution is 5.94. The van der Waals surface area contributed by atoms with Gasteiger partial charge in [-0.15, -0.1) is 0 Å². The van der Waals surface area contributed by atoms with Crippen LogP contribution in [0.25, 0.3) is 0 Å². The zero-order chi connectivity index (χ0) is 46.1. The maximum absolute atomic E-state index is 13.8. The summed E-state index contributed by atoms with van der Waals surface area (Å²) in [5.41, 5.74) is 0. The minimum absolute atomic E-state index is 0.0110. The van der Waals surface area contributed by atoms with Crippen LogP contribution in [-0.4, -0.2) is 212 Å². The van der Waals surface area contributed by atoms with E-state index < -0.39 is 97.1 Å². The van der Waals surface area contributed by atoms with Gasteiger partial charge in [-0.2, -0.15) is 0 Å². The van der Waals surface area contributed by atoms with Crippen LogP contribution in [0.2, 0.25) is 0 Å². The monoisotopic (exact) mass is 874 g/mol. The molecule has 61 heavy (non-hydrogen) atoms. The van der Waals surface area contributed by atoms with Gasteiger partial charge in [0.05, 0.1) is 26.2 Å². The minimum Gasteiger partial charge on any atom is -0.481 e. The van der Waals surface area contributed by atoms with Crippen LogP contribution < -0.4 is 21.3 Å². The Morgan fingerprint density at radius 1 is 0.393 bits per heavy atom. The number of carboxylic acid groups (broad SMARTS) is 6. The fourth-order valence-electron chi connectivity index (χ4n) is 6.34. The number of nitrogens with zero attached hydrogens (tertiary/aromatic N) is 4. The van der Waals surface area contributed by atoms with Gasteiger partial charge in [0.1, 0.15) is 18.1 Å². The van der Waals surface area contributed by atoms with Gasteiger partial charge in [0.2, 0.25) is 23.6 Å². The molecule has 1 saturated heterocycles. The molecule has 4 amide bonds. The summed E-state index contributed by atoms with van der Waals surface area (Å²) in [5.74, 6) is -10.1. The predicted molar refractivity (Wildman–Crippen MR) is 212 cm³/mol. The van der Waals surface area contributed by atoms with Crippen molar-refractivity contribution in [3.63, 3.8) is 0 Å². The van der Waals surface area contributed by atoms with Crippen LogP contribution in [0, 0.1) is 0 Å². The molecule has 24 nitrogen and oxygen atoms in total. The fourth-order valence-corrected chi connectivity index (χ4v) is 6.34. The molecule has 1 rings (SSSR count). The number of hydrogen-bond donors (Lipinski definition) is 10. The molecule has 3 unspecified atom stereocenters. The average molecular weight is 875 g/mol. The van der Waals surface area contributed by atoms with E-state index in [4.69, 9.17) is 5.11 Å². The average Bonchev–Trinajstić information content (AvgIpc) is 3.13. The van der Waals surface area contributed by atoms with E-state index in [9.17, 15) is 73.5 Å². The van der Waals surface area contributed by atoms with Gasteiger partial charge >= 0.3 is 35.8 Å². The number of nitrogens with one attached hydrogen (secondary N) is 4. The predicted octanol–water partition coefficient (Wildman–Crippen LogP) is -2.79. The normalized spacial score (nSPS) is 16.4. The summed E-state index contributed by atoms with van der Waals surface area (Å²) in [6.07, 6.45) is -1.79. The quantitative estimate of drug-likeness (QED) is 0.0399. The van der Waals surface area contributed by atoms with Crippen LogP contribution in [0.1, 0.15) is 71.6 Å². The Kier molecular flexibility index (Phi) is 25.4. The van der Waals surface area contributed by atoms with Crippen LogP contribution in [0.5, 0.6) is 0 Å². The minimum atomic E-state index is -1.44. The lowest BCUT2D eigenvalue weighted by atomic mass is 10.0. The van der Waals surface area contributed by atoms with Crippen LogP contribution in [0.15, 0.2) is 0 Å². The summed E-state index contributed by atoms with van der Waals surface area (Å²) in [6, 6.07) is -4.43. The number of carbonyl (C=O) groups is 10. The molecule has 24 heteroatoms. The Morgan fingerprint density at radius 3 is 0.918 bits per heavy atom. The van der Waals surface area contributed by atoms with Crippen molar-refractivity contribution in [3.05, 3.63) is 0 Å². The fraction of sp³-hybridized carbons (Fsp3) is 0.730. The molecule has 1 heterocycles. The van der Waals surface area contributed by atoms with Crippen molar-refractivity contribution in [1.82, 2.24) is 40.9 Å². The highest BCUT2D eigenvalue weighted by Gasteiger charge is 2.31. The molecule has 0 spiro atoms. The smallest absolute Gasteiger partial charge is 0.317 e. The molecule has 3 atom stereocenters. The standard InChI is InChI=1S/C37H62N8O16/c1-24(2)38-35(59)26(7-4-10-30(49)50)40-37(61)27(8-5-11-31(51)52)41-36(60)25(6-3-9-29(47)48)39-28(46)20-42-12-14-43(21-32(53)54)16-18-45(23-34(57)58)19-17-44(15-13-42)22-33(55)56/h24-27H,3-23H2,1-2H3,(H,38,59)(H,39,46)(H,40,61)(H,41,60)(H,47,48)(H,49,50)(H,51,52)(H,53,54)(H,55,56)(H,57,58). The molecular weight excluding hydrogens is 812 g/mol. The zero-order valence-electron chi connectivity index (χ0n) is 34.7. The molecule has 0 bridgehead atoms. The lowest BCUT2D eigenvalue weighted by Gasteiger charge is -2.33. The van der Waals surface area contributed by atoms with Crippen molar-refractivity contribution in [1.29, 1.82) is 0 Å². The number of carboxylic acids is 6. The zero-order valence-corrected chi connectivity index (χ0v) is 34.7. The Labute approximate surface area is 352 Å². The van der Waals surface area contributed by atoms with E-state index in [0.29, 0.717) is 0 Å². The van der Waals surface area contributed by atoms with Gasteiger partial charge < -0.3 is 51.9 Å². The number of hydrogen-bond acceptors (Lipinski definition) is 14. The molecule has 0 aromatic heterocycles. The summed E-state index contributed by atoms with van der Waals surface area (Å²) in [4.78, 5) is 129. The Balaban J connectivity index is 3.36. The second-order valence-corrected chi connectivity index (χ2v) is 15.0. The second-order valence-electron chi connectivity index (χ2n) is 15.0. The largest absolute Gasteiger partial charge is 0.481 e. The number of carbonyl (C=O) groups excluding carboxylic acids is 4. The van der Waals surface area contributed by atoms with Gasteiger partial charge in [0, 0.05) is 77.7 Å². The Hall–Kier alpha value is -5.46. The first kappa shape index (κ1) is 53.6. The van der Waals surface area contributed by atoms with E-state index in [2.05, 4.69) is 21.3 Å². The first-order valence-corrected chi connectivity index (χ1v) is 20.1. The van der Waals surface area contributed by atoms with Crippen LogP contribution in [0.4, 0.5) is 0 Å². The molecule has 1 fully saturated rings. The summed E-state index contributed by atoms with van der Waals surface area (Å²) in [6.45, 7) is 2.74. The Morgan fingerprint density at radius 2 is 0.656 bits per heavy atom. The van der Waals surface area contributed by atoms with E-state index in [1.807, 2.05) is 0 Å². The first-order valence-electron chi connectivity index (χ1n) is 20.1. The second kappa shape index (κ2) is 28.9. The maximum Gasteiger partial charge on any atom is 0.317 e. The van der Waals surface area contributed by atoms with Crippen molar-refractivity contribution in [3.8, 4) is 0 Å². The Bertz CT molecular complexity index is 1480. The van der Waals surface area contributed by atoms with Crippen LogP contribution >= 0.6 is 0 Å². The van der Waals surface area contributed by atoms with Gasteiger partial charge in [0.15, 0.2) is 0 Å². The van der Waals surface area contributed by atoms with Gasteiger partial charge in [0.25, 0.3) is 0 Å². The third kappa shape index (κ3) is 25.7. The molecule has 0 radical (unpaired) electrons. The van der Waals surface area contributed by atoms with Crippen LogP contribution in [-0.2, 0) is 47.9 Å². The van der Waals surface area contributed by atoms with Crippen LogP contribution in [0.3, 0.4) is 0 Å². The van der Waals surface area contributed by atoms with E-state index >= 15 is 0 Å². The molecule has 0 saturated carbocycles. The molecule has 1 aliphatic heterocycles. The van der Waals surface area contributed by atoms with Gasteiger partial charge in [-0.1, -0.05) is 0 Å². The molecule has 1 aliphatic rings. The summed E-state index contributed by atoms with van der Waals surface area (Å²) >= 11 is 0. The van der Waals surface area contributed by atoms with E-state index in [1.54, 1.807) is 33.4 Å². The number of amides is 4. The van der Waals surface area contributed by atoms with Gasteiger partial charge in [-0.3, -0.25) is 67.5 Å². The summed E-state index contributed by atoms with van der Waals surface area (Å²) in [7, 11) is 0.